The number of rotatable bonds is 4. The number of nitrogens with zero attached hydrogens (tertiary/aromatic N) is 2. The van der Waals surface area contributed by atoms with Gasteiger partial charge in [0, 0.05) is 27.5 Å². The van der Waals surface area contributed by atoms with Gasteiger partial charge in [-0.3, -0.25) is 4.68 Å². The average molecular weight is 405 g/mol. The van der Waals surface area contributed by atoms with E-state index in [2.05, 4.69) is 15.7 Å². The van der Waals surface area contributed by atoms with E-state index in [0.717, 1.165) is 27.5 Å². The lowest BCUT2D eigenvalue weighted by atomic mass is 10.2. The van der Waals surface area contributed by atoms with Crippen LogP contribution in [0.5, 0.6) is 0 Å². The van der Waals surface area contributed by atoms with E-state index in [9.17, 15) is 0 Å². The summed E-state index contributed by atoms with van der Waals surface area (Å²) in [4.78, 5) is 0. The highest BCUT2D eigenvalue weighted by Crippen LogP contribution is 2.23. The van der Waals surface area contributed by atoms with E-state index < -0.39 is 0 Å². The second kappa shape index (κ2) is 8.08. The van der Waals surface area contributed by atoms with Gasteiger partial charge in [-0.2, -0.15) is 5.10 Å². The molecule has 0 saturated heterocycles. The largest absolute Gasteiger partial charge is 0.332 e. The highest BCUT2D eigenvalue weighted by atomic mass is 35.5. The molecule has 0 amide bonds. The molecule has 26 heavy (non-hydrogen) atoms. The summed E-state index contributed by atoms with van der Waals surface area (Å²) >= 11 is 17.5. The van der Waals surface area contributed by atoms with Gasteiger partial charge in [-0.15, -0.1) is 0 Å². The van der Waals surface area contributed by atoms with Gasteiger partial charge in [-0.25, -0.2) is 0 Å². The summed E-state index contributed by atoms with van der Waals surface area (Å²) in [6.07, 6.45) is 0. The number of thiocarbonyl (C=S) groups is 1. The fraction of sp³-hybridized carbons (Fsp3) is 0.158. The fourth-order valence-electron chi connectivity index (χ4n) is 2.51. The number of aromatic nitrogens is 2. The molecule has 0 atom stereocenters. The lowest BCUT2D eigenvalue weighted by Crippen LogP contribution is -2.20. The first kappa shape index (κ1) is 18.7. The lowest BCUT2D eigenvalue weighted by molar-refractivity contribution is 0.668. The van der Waals surface area contributed by atoms with Crippen LogP contribution in [0.4, 0.5) is 11.5 Å². The minimum absolute atomic E-state index is 0.464. The van der Waals surface area contributed by atoms with E-state index >= 15 is 0 Å². The van der Waals surface area contributed by atoms with Crippen LogP contribution < -0.4 is 10.6 Å². The minimum atomic E-state index is 0.464. The van der Waals surface area contributed by atoms with Crippen molar-refractivity contribution in [3.63, 3.8) is 0 Å². The Morgan fingerprint density at radius 2 is 1.81 bits per heavy atom. The molecule has 2 N–H and O–H groups in total. The van der Waals surface area contributed by atoms with Crippen LogP contribution in [0.2, 0.25) is 10.0 Å². The van der Waals surface area contributed by atoms with Crippen LogP contribution in [0, 0.1) is 13.8 Å². The minimum Gasteiger partial charge on any atom is -0.332 e. The molecular formula is C19H18Cl2N4S. The van der Waals surface area contributed by atoms with Gasteiger partial charge < -0.3 is 10.6 Å². The molecule has 0 saturated carbocycles. The number of hydrogen-bond donors (Lipinski definition) is 2. The predicted octanol–water partition coefficient (Wildman–Crippen LogP) is 5.66. The summed E-state index contributed by atoms with van der Waals surface area (Å²) in [7, 11) is 0. The van der Waals surface area contributed by atoms with E-state index in [1.165, 1.54) is 0 Å². The third-order valence-electron chi connectivity index (χ3n) is 3.98. The molecule has 0 radical (unpaired) electrons. The van der Waals surface area contributed by atoms with Crippen molar-refractivity contribution < 1.29 is 0 Å². The molecule has 1 heterocycles. The van der Waals surface area contributed by atoms with Crippen molar-refractivity contribution in [1.82, 2.24) is 9.78 Å². The molecule has 3 aromatic rings. The van der Waals surface area contributed by atoms with E-state index in [-0.39, 0.29) is 0 Å². The van der Waals surface area contributed by atoms with Gasteiger partial charge in [0.25, 0.3) is 0 Å². The van der Waals surface area contributed by atoms with Crippen molar-refractivity contribution in [3.8, 4) is 0 Å². The molecule has 0 bridgehead atoms. The van der Waals surface area contributed by atoms with E-state index in [0.29, 0.717) is 22.5 Å². The summed E-state index contributed by atoms with van der Waals surface area (Å²) in [5.41, 5.74) is 3.97. The second-order valence-corrected chi connectivity index (χ2v) is 7.20. The summed E-state index contributed by atoms with van der Waals surface area (Å²) in [5.74, 6) is 0.689. The molecule has 3 rings (SSSR count). The van der Waals surface area contributed by atoms with Gasteiger partial charge in [-0.1, -0.05) is 41.4 Å². The molecule has 2 aromatic carbocycles. The van der Waals surface area contributed by atoms with Crippen molar-refractivity contribution >= 4 is 52.0 Å². The second-order valence-electron chi connectivity index (χ2n) is 5.95. The van der Waals surface area contributed by atoms with Crippen LogP contribution in [0.1, 0.15) is 16.8 Å². The van der Waals surface area contributed by atoms with E-state index in [1.807, 2.05) is 67.1 Å². The zero-order valence-electron chi connectivity index (χ0n) is 14.4. The van der Waals surface area contributed by atoms with Gasteiger partial charge >= 0.3 is 0 Å². The molecule has 0 aliphatic carbocycles. The first-order chi connectivity index (χ1) is 12.4. The molecular weight excluding hydrogens is 387 g/mol. The maximum absolute atomic E-state index is 6.14. The molecule has 134 valence electrons. The highest BCUT2D eigenvalue weighted by Gasteiger charge is 2.08. The molecule has 0 aliphatic rings. The molecule has 7 heteroatoms. The first-order valence-corrected chi connectivity index (χ1v) is 9.21. The van der Waals surface area contributed by atoms with Gasteiger partial charge in [0.2, 0.25) is 0 Å². The summed E-state index contributed by atoms with van der Waals surface area (Å²) in [6.45, 7) is 4.61. The van der Waals surface area contributed by atoms with Crippen LogP contribution in [-0.4, -0.2) is 14.9 Å². The Hall–Kier alpha value is -2.08. The van der Waals surface area contributed by atoms with Gasteiger partial charge in [0.1, 0.15) is 0 Å². The number of halogens is 2. The molecule has 1 aromatic heterocycles. The third kappa shape index (κ3) is 4.55. The topological polar surface area (TPSA) is 41.9 Å². The maximum Gasteiger partial charge on any atom is 0.176 e. The Morgan fingerprint density at radius 3 is 2.54 bits per heavy atom. The summed E-state index contributed by atoms with van der Waals surface area (Å²) in [5, 5.41) is 12.7. The van der Waals surface area contributed by atoms with Crippen LogP contribution in [-0.2, 0) is 6.54 Å². The zero-order valence-corrected chi connectivity index (χ0v) is 16.7. The number of aryl methyl sites for hydroxylation is 1. The van der Waals surface area contributed by atoms with Crippen molar-refractivity contribution in [2.24, 2.45) is 0 Å². The SMILES string of the molecule is Cc1c(Cl)cccc1NC(=S)Nc1cc(C)n(Cc2ccc(Cl)cc2)n1. The Labute approximate surface area is 168 Å². The molecule has 0 fully saturated rings. The Balaban J connectivity index is 1.67. The highest BCUT2D eigenvalue weighted by molar-refractivity contribution is 7.80. The molecule has 0 aliphatic heterocycles. The monoisotopic (exact) mass is 404 g/mol. The number of hydrogen-bond acceptors (Lipinski definition) is 2. The van der Waals surface area contributed by atoms with Crippen LogP contribution in [0.25, 0.3) is 0 Å². The summed E-state index contributed by atoms with van der Waals surface area (Å²) < 4.78 is 1.92. The number of benzene rings is 2. The number of nitrogens with one attached hydrogen (secondary N) is 2. The normalized spacial score (nSPS) is 10.6. The fourth-order valence-corrected chi connectivity index (χ4v) is 3.02. The average Bonchev–Trinajstić information content (AvgIpc) is 2.93. The zero-order chi connectivity index (χ0) is 18.7. The number of anilines is 2. The smallest absolute Gasteiger partial charge is 0.176 e. The van der Waals surface area contributed by atoms with Gasteiger partial charge in [-0.05, 0) is 61.5 Å². The maximum atomic E-state index is 6.14. The third-order valence-corrected chi connectivity index (χ3v) is 4.85. The van der Waals surface area contributed by atoms with Crippen LogP contribution >= 0.6 is 35.4 Å². The van der Waals surface area contributed by atoms with Crippen molar-refractivity contribution in [2.75, 3.05) is 10.6 Å². The Kier molecular flexibility index (Phi) is 5.81. The predicted molar refractivity (Wildman–Crippen MR) is 114 cm³/mol. The van der Waals surface area contributed by atoms with Gasteiger partial charge in [0.05, 0.1) is 6.54 Å². The van der Waals surface area contributed by atoms with Crippen molar-refractivity contribution in [2.45, 2.75) is 20.4 Å². The van der Waals surface area contributed by atoms with Crippen molar-refractivity contribution in [1.29, 1.82) is 0 Å². The molecule has 4 nitrogen and oxygen atoms in total. The van der Waals surface area contributed by atoms with Crippen LogP contribution in [0.15, 0.2) is 48.5 Å². The lowest BCUT2D eigenvalue weighted by Gasteiger charge is -2.11. The van der Waals surface area contributed by atoms with Crippen molar-refractivity contribution in [3.05, 3.63) is 75.4 Å². The Morgan fingerprint density at radius 1 is 1.08 bits per heavy atom. The summed E-state index contributed by atoms with van der Waals surface area (Å²) in [6, 6.07) is 15.3. The van der Waals surface area contributed by atoms with E-state index in [4.69, 9.17) is 35.4 Å². The standard InChI is InChI=1S/C19H18Cl2N4S/c1-12-10-18(24-25(12)11-14-6-8-15(20)9-7-14)23-19(26)22-17-5-3-4-16(21)13(17)2/h3-10H,11H2,1-2H3,(H2,22,23,24,26). The molecule has 0 spiro atoms. The van der Waals surface area contributed by atoms with E-state index in [1.54, 1.807) is 0 Å². The molecule has 0 unspecified atom stereocenters. The Bertz CT molecular complexity index is 935. The van der Waals surface area contributed by atoms with Crippen LogP contribution in [0.3, 0.4) is 0 Å². The quantitative estimate of drug-likeness (QED) is 0.550. The first-order valence-electron chi connectivity index (χ1n) is 8.04. The van der Waals surface area contributed by atoms with Gasteiger partial charge in [0.15, 0.2) is 10.9 Å².